The zero-order chi connectivity index (χ0) is 15.7. The second kappa shape index (κ2) is 6.02. The second-order valence-corrected chi connectivity index (χ2v) is 6.06. The molecular weight excluding hydrogens is 288 g/mol. The molecule has 0 spiro atoms. The van der Waals surface area contributed by atoms with Crippen LogP contribution in [0.25, 0.3) is 11.0 Å². The first-order valence-corrected chi connectivity index (χ1v) is 7.64. The average molecular weight is 307 g/mol. The van der Waals surface area contributed by atoms with E-state index in [-0.39, 0.29) is 18.5 Å². The number of fused-ring (bicyclic) bond motifs is 1. The van der Waals surface area contributed by atoms with Crippen LogP contribution in [-0.2, 0) is 11.3 Å². The molecule has 4 nitrogen and oxygen atoms in total. The Morgan fingerprint density at radius 2 is 2.05 bits per heavy atom. The maximum absolute atomic E-state index is 13.4. The first kappa shape index (κ1) is 14.9. The van der Waals surface area contributed by atoms with Gasteiger partial charge in [0.25, 0.3) is 0 Å². The Bertz CT molecular complexity index is 698. The Kier molecular flexibility index (Phi) is 4.09. The van der Waals surface area contributed by atoms with Crippen molar-refractivity contribution in [2.24, 2.45) is 5.92 Å². The number of carbonyl (C=O) groups is 1. The van der Waals surface area contributed by atoms with E-state index < -0.39 is 11.6 Å². The summed E-state index contributed by atoms with van der Waals surface area (Å²) >= 11 is 0. The van der Waals surface area contributed by atoms with Crippen LogP contribution in [0.5, 0.6) is 0 Å². The number of halogens is 2. The molecule has 0 radical (unpaired) electrons. The van der Waals surface area contributed by atoms with E-state index in [0.29, 0.717) is 17.0 Å². The van der Waals surface area contributed by atoms with Crippen molar-refractivity contribution in [3.8, 4) is 0 Å². The minimum absolute atomic E-state index is 0.0603. The second-order valence-electron chi connectivity index (χ2n) is 6.06. The molecule has 22 heavy (non-hydrogen) atoms. The zero-order valence-electron chi connectivity index (χ0n) is 12.5. The molecule has 1 amide bonds. The molecule has 1 aromatic carbocycles. The normalized spacial score (nSPS) is 22.0. The van der Waals surface area contributed by atoms with Crippen LogP contribution >= 0.6 is 0 Å². The maximum Gasteiger partial charge on any atom is 0.240 e. The lowest BCUT2D eigenvalue weighted by Crippen LogP contribution is -2.42. The molecule has 0 saturated heterocycles. The van der Waals surface area contributed by atoms with E-state index in [9.17, 15) is 13.6 Å². The number of nitrogens with one attached hydrogen (secondary N) is 1. The van der Waals surface area contributed by atoms with E-state index in [0.717, 1.165) is 31.4 Å². The summed E-state index contributed by atoms with van der Waals surface area (Å²) in [5.74, 6) is -1.51. The summed E-state index contributed by atoms with van der Waals surface area (Å²) in [5, 5.41) is 3.04. The van der Waals surface area contributed by atoms with Gasteiger partial charge in [-0.25, -0.2) is 13.8 Å². The molecule has 6 heteroatoms. The third kappa shape index (κ3) is 2.96. The largest absolute Gasteiger partial charge is 0.352 e. The average Bonchev–Trinajstić information content (AvgIpc) is 2.84. The van der Waals surface area contributed by atoms with Gasteiger partial charge < -0.3 is 9.88 Å². The van der Waals surface area contributed by atoms with Crippen LogP contribution in [0.15, 0.2) is 18.5 Å². The number of aromatic nitrogens is 2. The van der Waals surface area contributed by atoms with Crippen molar-refractivity contribution in [2.45, 2.75) is 45.2 Å². The number of rotatable bonds is 3. The molecule has 3 rings (SSSR count). The summed E-state index contributed by atoms with van der Waals surface area (Å²) in [6.45, 7) is 2.21. The van der Waals surface area contributed by atoms with Gasteiger partial charge in [0, 0.05) is 18.2 Å². The highest BCUT2D eigenvalue weighted by Gasteiger charge is 2.23. The first-order chi connectivity index (χ1) is 10.5. The Morgan fingerprint density at radius 3 is 2.82 bits per heavy atom. The van der Waals surface area contributed by atoms with Gasteiger partial charge in [-0.05, 0) is 18.8 Å². The quantitative estimate of drug-likeness (QED) is 0.947. The molecule has 0 unspecified atom stereocenters. The van der Waals surface area contributed by atoms with Crippen molar-refractivity contribution in [1.82, 2.24) is 14.9 Å². The van der Waals surface area contributed by atoms with Gasteiger partial charge >= 0.3 is 0 Å². The van der Waals surface area contributed by atoms with Crippen LogP contribution in [0.4, 0.5) is 8.78 Å². The highest BCUT2D eigenvalue weighted by molar-refractivity contribution is 5.80. The minimum Gasteiger partial charge on any atom is -0.352 e. The van der Waals surface area contributed by atoms with E-state index in [1.807, 2.05) is 0 Å². The van der Waals surface area contributed by atoms with Crippen molar-refractivity contribution in [3.05, 3.63) is 30.1 Å². The van der Waals surface area contributed by atoms with Gasteiger partial charge in [-0.3, -0.25) is 4.79 Å². The lowest BCUT2D eigenvalue weighted by molar-refractivity contribution is -0.122. The molecular formula is C16H19F2N3O. The fourth-order valence-corrected chi connectivity index (χ4v) is 3.12. The van der Waals surface area contributed by atoms with Crippen molar-refractivity contribution in [3.63, 3.8) is 0 Å². The summed E-state index contributed by atoms with van der Waals surface area (Å²) in [7, 11) is 0. The van der Waals surface area contributed by atoms with E-state index in [1.54, 1.807) is 4.57 Å². The van der Waals surface area contributed by atoms with Crippen LogP contribution in [0.1, 0.15) is 32.6 Å². The SMILES string of the molecule is C[C@H]1CCCC[C@@H]1NC(=O)Cn1cnc2cc(F)c(F)cc21. The smallest absolute Gasteiger partial charge is 0.240 e. The molecule has 2 aromatic rings. The molecule has 1 heterocycles. The monoisotopic (exact) mass is 307 g/mol. The van der Waals surface area contributed by atoms with Gasteiger partial charge in [0.1, 0.15) is 6.54 Å². The number of imidazole rings is 1. The van der Waals surface area contributed by atoms with E-state index in [4.69, 9.17) is 0 Å². The number of nitrogens with zero attached hydrogens (tertiary/aromatic N) is 2. The van der Waals surface area contributed by atoms with Crippen LogP contribution in [0, 0.1) is 17.6 Å². The van der Waals surface area contributed by atoms with Crippen LogP contribution < -0.4 is 5.32 Å². The van der Waals surface area contributed by atoms with Gasteiger partial charge in [0.15, 0.2) is 11.6 Å². The number of amides is 1. The molecule has 118 valence electrons. The minimum atomic E-state index is -0.935. The van der Waals surface area contributed by atoms with Gasteiger partial charge in [-0.1, -0.05) is 19.8 Å². The van der Waals surface area contributed by atoms with Gasteiger partial charge in [-0.15, -0.1) is 0 Å². The number of hydrogen-bond acceptors (Lipinski definition) is 2. The first-order valence-electron chi connectivity index (χ1n) is 7.64. The van der Waals surface area contributed by atoms with Gasteiger partial charge in [0.05, 0.1) is 17.4 Å². The van der Waals surface area contributed by atoms with E-state index >= 15 is 0 Å². The van der Waals surface area contributed by atoms with E-state index in [2.05, 4.69) is 17.2 Å². The fourth-order valence-electron chi connectivity index (χ4n) is 3.12. The number of carbonyl (C=O) groups excluding carboxylic acids is 1. The molecule has 1 fully saturated rings. The van der Waals surface area contributed by atoms with Crippen molar-refractivity contribution >= 4 is 16.9 Å². The molecule has 2 atom stereocenters. The Hall–Kier alpha value is -1.98. The summed E-state index contributed by atoms with van der Waals surface area (Å²) in [6.07, 6.45) is 5.91. The van der Waals surface area contributed by atoms with Crippen LogP contribution in [0.2, 0.25) is 0 Å². The molecule has 0 bridgehead atoms. The summed E-state index contributed by atoms with van der Waals surface area (Å²) in [5.41, 5.74) is 0.767. The third-order valence-electron chi connectivity index (χ3n) is 4.43. The summed E-state index contributed by atoms with van der Waals surface area (Å²) < 4.78 is 28.1. The van der Waals surface area contributed by atoms with E-state index in [1.165, 1.54) is 12.7 Å². The van der Waals surface area contributed by atoms with Gasteiger partial charge in [0.2, 0.25) is 5.91 Å². The topological polar surface area (TPSA) is 46.9 Å². The molecule has 1 aliphatic carbocycles. The molecule has 1 saturated carbocycles. The highest BCUT2D eigenvalue weighted by atomic mass is 19.2. The zero-order valence-corrected chi connectivity index (χ0v) is 12.5. The Morgan fingerprint density at radius 1 is 1.32 bits per heavy atom. The number of benzene rings is 1. The molecule has 1 N–H and O–H groups in total. The highest BCUT2D eigenvalue weighted by Crippen LogP contribution is 2.24. The Balaban J connectivity index is 1.72. The molecule has 0 aliphatic heterocycles. The molecule has 1 aromatic heterocycles. The maximum atomic E-state index is 13.4. The van der Waals surface area contributed by atoms with Crippen LogP contribution in [0.3, 0.4) is 0 Å². The lowest BCUT2D eigenvalue weighted by Gasteiger charge is -2.29. The lowest BCUT2D eigenvalue weighted by atomic mass is 9.86. The van der Waals surface area contributed by atoms with Crippen molar-refractivity contribution < 1.29 is 13.6 Å². The fraction of sp³-hybridized carbons (Fsp3) is 0.500. The predicted molar refractivity (Wildman–Crippen MR) is 79.2 cm³/mol. The Labute approximate surface area is 127 Å². The third-order valence-corrected chi connectivity index (χ3v) is 4.43. The summed E-state index contributed by atoms with van der Waals surface area (Å²) in [4.78, 5) is 16.2. The van der Waals surface area contributed by atoms with Gasteiger partial charge in [-0.2, -0.15) is 0 Å². The standard InChI is InChI=1S/C16H19F2N3O/c1-10-4-2-3-5-13(10)20-16(22)8-21-9-19-14-6-11(17)12(18)7-15(14)21/h6-7,9-10,13H,2-5,8H2,1H3,(H,20,22)/t10-,13-/m0/s1. The summed E-state index contributed by atoms with van der Waals surface area (Å²) in [6, 6.07) is 2.32. The predicted octanol–water partition coefficient (Wildman–Crippen LogP) is 3.01. The van der Waals surface area contributed by atoms with Crippen LogP contribution in [-0.4, -0.2) is 21.5 Å². The number of hydrogen-bond donors (Lipinski definition) is 1. The van der Waals surface area contributed by atoms with Crippen molar-refractivity contribution in [1.29, 1.82) is 0 Å². The molecule has 1 aliphatic rings. The van der Waals surface area contributed by atoms with Crippen molar-refractivity contribution in [2.75, 3.05) is 0 Å².